The molecule has 138 valence electrons. The van der Waals surface area contributed by atoms with Crippen LogP contribution in [0.4, 0.5) is 0 Å². The molecule has 0 aliphatic heterocycles. The van der Waals surface area contributed by atoms with E-state index in [9.17, 15) is 4.79 Å². The molecule has 0 amide bonds. The number of carboxylic acids is 1. The summed E-state index contributed by atoms with van der Waals surface area (Å²) in [4.78, 5) is 10.6. The van der Waals surface area contributed by atoms with E-state index >= 15 is 0 Å². The van der Waals surface area contributed by atoms with Crippen LogP contribution in [-0.2, 0) is 4.79 Å². The van der Waals surface area contributed by atoms with Crippen LogP contribution < -0.4 is 15.2 Å². The fourth-order valence-corrected chi connectivity index (χ4v) is 2.45. The molecule has 0 unspecified atom stereocenters. The Bertz CT molecular complexity index is 882. The fraction of sp³-hybridized carbons (Fsp3) is 0.222. The molecule has 1 heterocycles. The number of rotatable bonds is 8. The summed E-state index contributed by atoms with van der Waals surface area (Å²) in [5.74, 6) is 0.211. The summed E-state index contributed by atoms with van der Waals surface area (Å²) in [5, 5.41) is 17.0. The molecular weight excluding hydrogens is 358 g/mol. The Morgan fingerprint density at radius 3 is 2.73 bits per heavy atom. The first kappa shape index (κ1) is 19.6. The highest BCUT2D eigenvalue weighted by Gasteiger charge is 2.11. The van der Waals surface area contributed by atoms with Crippen molar-refractivity contribution in [2.75, 3.05) is 19.8 Å². The summed E-state index contributed by atoms with van der Waals surface area (Å²) < 4.78 is 10.9. The van der Waals surface area contributed by atoms with Gasteiger partial charge in [-0.15, -0.1) is 12.4 Å². The maximum absolute atomic E-state index is 10.6. The second kappa shape index (κ2) is 9.07. The second-order valence-electron chi connectivity index (χ2n) is 5.48. The highest BCUT2D eigenvalue weighted by molar-refractivity contribution is 5.94. The molecule has 0 saturated carbocycles. The third-order valence-corrected chi connectivity index (χ3v) is 3.62. The Labute approximate surface area is 156 Å². The van der Waals surface area contributed by atoms with Crippen LogP contribution in [0.1, 0.15) is 6.42 Å². The Balaban J connectivity index is 0.00000243. The molecule has 0 aliphatic carbocycles. The average molecular weight is 378 g/mol. The molecule has 3 rings (SSSR count). The van der Waals surface area contributed by atoms with E-state index in [4.69, 9.17) is 20.3 Å². The zero-order chi connectivity index (χ0) is 17.6. The standard InChI is InChI=1S/C18H19N3O4.ClH/c19-7-2-8-24-14-5-6-16-15(10-14)18(21-20-16)12-3-1-4-13(9-12)25-11-17(22)23;/h1,3-6,9-10H,2,7-8,11,19H2,(H,20,21)(H,22,23);1H. The first-order chi connectivity index (χ1) is 12.2. The predicted octanol–water partition coefficient (Wildman–Crippen LogP) is 2.84. The summed E-state index contributed by atoms with van der Waals surface area (Å²) >= 11 is 0. The van der Waals surface area contributed by atoms with E-state index in [0.717, 1.165) is 34.3 Å². The number of hydrogen-bond acceptors (Lipinski definition) is 5. The number of carbonyl (C=O) groups is 1. The fourth-order valence-electron chi connectivity index (χ4n) is 2.45. The molecule has 8 heteroatoms. The molecule has 0 bridgehead atoms. The minimum atomic E-state index is -1.02. The number of aromatic amines is 1. The first-order valence-corrected chi connectivity index (χ1v) is 7.93. The smallest absolute Gasteiger partial charge is 0.341 e. The van der Waals surface area contributed by atoms with Gasteiger partial charge in [-0.25, -0.2) is 4.79 Å². The number of H-pyrrole nitrogens is 1. The van der Waals surface area contributed by atoms with Gasteiger partial charge in [0, 0.05) is 10.9 Å². The number of aromatic nitrogens is 2. The van der Waals surface area contributed by atoms with E-state index < -0.39 is 5.97 Å². The molecular formula is C18H20ClN3O4. The highest BCUT2D eigenvalue weighted by atomic mass is 35.5. The number of nitrogens with one attached hydrogen (secondary N) is 1. The number of nitrogens with two attached hydrogens (primary N) is 1. The monoisotopic (exact) mass is 377 g/mol. The predicted molar refractivity (Wildman–Crippen MR) is 101 cm³/mol. The highest BCUT2D eigenvalue weighted by Crippen LogP contribution is 2.31. The largest absolute Gasteiger partial charge is 0.494 e. The zero-order valence-electron chi connectivity index (χ0n) is 14.0. The number of aliphatic carboxylic acids is 1. The molecule has 2 aromatic carbocycles. The Morgan fingerprint density at radius 2 is 1.96 bits per heavy atom. The molecule has 0 atom stereocenters. The van der Waals surface area contributed by atoms with Gasteiger partial charge < -0.3 is 20.3 Å². The number of nitrogens with zero attached hydrogens (tertiary/aromatic N) is 1. The van der Waals surface area contributed by atoms with Crippen LogP contribution in [0.15, 0.2) is 42.5 Å². The van der Waals surface area contributed by atoms with Crippen molar-refractivity contribution in [1.82, 2.24) is 10.2 Å². The van der Waals surface area contributed by atoms with E-state index in [0.29, 0.717) is 18.9 Å². The molecule has 0 radical (unpaired) electrons. The summed E-state index contributed by atoms with van der Waals surface area (Å²) in [5.41, 5.74) is 7.94. The van der Waals surface area contributed by atoms with Crippen molar-refractivity contribution in [2.24, 2.45) is 5.73 Å². The van der Waals surface area contributed by atoms with E-state index in [2.05, 4.69) is 10.2 Å². The topological polar surface area (TPSA) is 110 Å². The van der Waals surface area contributed by atoms with Gasteiger partial charge in [-0.2, -0.15) is 5.10 Å². The number of fused-ring (bicyclic) bond motifs is 1. The lowest BCUT2D eigenvalue weighted by Gasteiger charge is -2.07. The van der Waals surface area contributed by atoms with Crippen molar-refractivity contribution in [2.45, 2.75) is 6.42 Å². The van der Waals surface area contributed by atoms with E-state index in [1.165, 1.54) is 0 Å². The molecule has 0 spiro atoms. The Morgan fingerprint density at radius 1 is 1.15 bits per heavy atom. The molecule has 3 aromatic rings. The zero-order valence-corrected chi connectivity index (χ0v) is 14.8. The van der Waals surface area contributed by atoms with Crippen molar-refractivity contribution in [3.63, 3.8) is 0 Å². The molecule has 0 saturated heterocycles. The van der Waals surface area contributed by atoms with Gasteiger partial charge in [-0.3, -0.25) is 5.10 Å². The van der Waals surface area contributed by atoms with Crippen LogP contribution in [0.5, 0.6) is 11.5 Å². The molecule has 7 nitrogen and oxygen atoms in total. The molecule has 4 N–H and O–H groups in total. The van der Waals surface area contributed by atoms with E-state index in [1.54, 1.807) is 18.2 Å². The molecule has 26 heavy (non-hydrogen) atoms. The lowest BCUT2D eigenvalue weighted by Crippen LogP contribution is -2.09. The van der Waals surface area contributed by atoms with Crippen molar-refractivity contribution >= 4 is 29.3 Å². The number of halogens is 1. The Kier molecular flexibility index (Phi) is 6.82. The van der Waals surface area contributed by atoms with Gasteiger partial charge in [-0.05, 0) is 43.3 Å². The van der Waals surface area contributed by atoms with Gasteiger partial charge >= 0.3 is 5.97 Å². The normalized spacial score (nSPS) is 10.3. The molecule has 0 fully saturated rings. The minimum absolute atomic E-state index is 0. The van der Waals surface area contributed by atoms with Crippen molar-refractivity contribution in [3.8, 4) is 22.8 Å². The molecule has 1 aromatic heterocycles. The van der Waals surface area contributed by atoms with Gasteiger partial charge in [0.15, 0.2) is 6.61 Å². The van der Waals surface area contributed by atoms with Crippen molar-refractivity contribution < 1.29 is 19.4 Å². The summed E-state index contributed by atoms with van der Waals surface area (Å²) in [6, 6.07) is 12.9. The van der Waals surface area contributed by atoms with Crippen molar-refractivity contribution in [3.05, 3.63) is 42.5 Å². The van der Waals surface area contributed by atoms with Crippen LogP contribution in [-0.4, -0.2) is 41.0 Å². The quantitative estimate of drug-likeness (QED) is 0.520. The minimum Gasteiger partial charge on any atom is -0.494 e. The third-order valence-electron chi connectivity index (χ3n) is 3.62. The van der Waals surface area contributed by atoms with Gasteiger partial charge in [0.25, 0.3) is 0 Å². The molecule has 0 aliphatic rings. The maximum Gasteiger partial charge on any atom is 0.341 e. The van der Waals surface area contributed by atoms with Gasteiger partial charge in [-0.1, -0.05) is 12.1 Å². The van der Waals surface area contributed by atoms with Crippen LogP contribution in [0.2, 0.25) is 0 Å². The summed E-state index contributed by atoms with van der Waals surface area (Å²) in [6.45, 7) is 0.764. The summed E-state index contributed by atoms with van der Waals surface area (Å²) in [6.07, 6.45) is 0.791. The van der Waals surface area contributed by atoms with Crippen LogP contribution in [0, 0.1) is 0 Å². The lowest BCUT2D eigenvalue weighted by molar-refractivity contribution is -0.139. The number of carboxylic acid groups (broad SMARTS) is 1. The van der Waals surface area contributed by atoms with Gasteiger partial charge in [0.2, 0.25) is 0 Å². The maximum atomic E-state index is 10.6. The third kappa shape index (κ3) is 4.65. The SMILES string of the molecule is Cl.NCCCOc1ccc2[nH]nc(-c3cccc(OCC(=O)O)c3)c2c1. The average Bonchev–Trinajstić information content (AvgIpc) is 3.04. The van der Waals surface area contributed by atoms with Crippen LogP contribution in [0.25, 0.3) is 22.2 Å². The second-order valence-corrected chi connectivity index (χ2v) is 5.48. The number of hydrogen-bond donors (Lipinski definition) is 3. The number of ether oxygens (including phenoxy) is 2. The van der Waals surface area contributed by atoms with Gasteiger partial charge in [0.05, 0.1) is 12.1 Å². The van der Waals surface area contributed by atoms with Crippen LogP contribution >= 0.6 is 12.4 Å². The van der Waals surface area contributed by atoms with E-state index in [1.807, 2.05) is 24.3 Å². The first-order valence-electron chi connectivity index (χ1n) is 7.93. The summed E-state index contributed by atoms with van der Waals surface area (Å²) in [7, 11) is 0. The Hall–Kier alpha value is -2.77. The lowest BCUT2D eigenvalue weighted by atomic mass is 10.1. The van der Waals surface area contributed by atoms with Crippen molar-refractivity contribution in [1.29, 1.82) is 0 Å². The number of benzene rings is 2. The van der Waals surface area contributed by atoms with Gasteiger partial charge in [0.1, 0.15) is 17.2 Å². The van der Waals surface area contributed by atoms with Crippen LogP contribution in [0.3, 0.4) is 0 Å². The van der Waals surface area contributed by atoms with E-state index in [-0.39, 0.29) is 19.0 Å².